The molecule has 2 heterocycles. The molecule has 1 aromatic carbocycles. The standard InChI is InChI=1S/C20H23N3O4.2ClH/c1-15(24)22-27-20(25)19(26-18-5-3-2-4-6-18)16-9-13-23(14-10-16)17-7-11-21-12-8-17;;/h2-8,11-12,16,19H,9-10,13-14H2,1H3,(H,22,24);2*1H. The molecular weight excluding hydrogens is 417 g/mol. The van der Waals surface area contributed by atoms with Gasteiger partial charge in [-0.15, -0.1) is 24.8 Å². The van der Waals surface area contributed by atoms with Gasteiger partial charge in [-0.1, -0.05) is 18.2 Å². The lowest BCUT2D eigenvalue weighted by Crippen LogP contribution is -2.45. The molecule has 9 heteroatoms. The van der Waals surface area contributed by atoms with E-state index in [1.807, 2.05) is 30.3 Å². The number of pyridine rings is 1. The van der Waals surface area contributed by atoms with Crippen molar-refractivity contribution in [2.75, 3.05) is 18.0 Å². The number of ether oxygens (including phenoxy) is 1. The van der Waals surface area contributed by atoms with Crippen LogP contribution in [0.5, 0.6) is 5.75 Å². The minimum Gasteiger partial charge on any atom is -0.478 e. The SMILES string of the molecule is CC(=O)NOC(=O)C(Oc1ccccc1)C1CCN(c2ccncc2)CC1.Cl.Cl. The van der Waals surface area contributed by atoms with E-state index in [-0.39, 0.29) is 30.7 Å². The summed E-state index contributed by atoms with van der Waals surface area (Å²) in [5, 5.41) is 0. The first kappa shape index (κ1) is 24.5. The van der Waals surface area contributed by atoms with Gasteiger partial charge in [0, 0.05) is 44.0 Å². The number of nitrogens with zero attached hydrogens (tertiary/aromatic N) is 2. The molecule has 0 spiro atoms. The van der Waals surface area contributed by atoms with Gasteiger partial charge in [0.2, 0.25) is 12.0 Å². The van der Waals surface area contributed by atoms with Gasteiger partial charge in [0.15, 0.2) is 0 Å². The molecule has 2 aromatic rings. The van der Waals surface area contributed by atoms with E-state index in [0.29, 0.717) is 5.75 Å². The zero-order chi connectivity index (χ0) is 19.1. The highest BCUT2D eigenvalue weighted by atomic mass is 35.5. The first-order valence-electron chi connectivity index (χ1n) is 8.97. The Morgan fingerprint density at radius 1 is 1.07 bits per heavy atom. The molecule has 1 amide bonds. The van der Waals surface area contributed by atoms with Crippen LogP contribution in [0.25, 0.3) is 0 Å². The molecule has 0 radical (unpaired) electrons. The molecule has 1 saturated heterocycles. The maximum atomic E-state index is 12.5. The predicted octanol–water partition coefficient (Wildman–Crippen LogP) is 3.18. The summed E-state index contributed by atoms with van der Waals surface area (Å²) in [5.41, 5.74) is 3.21. The minimum atomic E-state index is -0.779. The number of para-hydroxylation sites is 1. The van der Waals surface area contributed by atoms with E-state index in [0.717, 1.165) is 31.6 Å². The minimum absolute atomic E-state index is 0. The monoisotopic (exact) mass is 441 g/mol. The maximum Gasteiger partial charge on any atom is 0.372 e. The van der Waals surface area contributed by atoms with Gasteiger partial charge in [-0.05, 0) is 37.1 Å². The van der Waals surface area contributed by atoms with Crippen molar-refractivity contribution in [2.45, 2.75) is 25.9 Å². The van der Waals surface area contributed by atoms with Crippen LogP contribution in [-0.4, -0.2) is 36.1 Å². The second-order valence-electron chi connectivity index (χ2n) is 6.46. The van der Waals surface area contributed by atoms with Gasteiger partial charge in [-0.3, -0.25) is 9.78 Å². The number of aromatic nitrogens is 1. The largest absolute Gasteiger partial charge is 0.478 e. The molecule has 0 bridgehead atoms. The third kappa shape index (κ3) is 7.11. The Morgan fingerprint density at radius 2 is 1.69 bits per heavy atom. The number of hydrogen-bond acceptors (Lipinski definition) is 6. The fourth-order valence-electron chi connectivity index (χ4n) is 3.18. The first-order valence-corrected chi connectivity index (χ1v) is 8.97. The number of halogens is 2. The average molecular weight is 442 g/mol. The number of carbonyl (C=O) groups excluding carboxylic acids is 2. The average Bonchev–Trinajstić information content (AvgIpc) is 2.72. The molecule has 3 rings (SSSR count). The summed E-state index contributed by atoms with van der Waals surface area (Å²) in [6, 6.07) is 13.1. The zero-order valence-electron chi connectivity index (χ0n) is 16.0. The van der Waals surface area contributed by atoms with Crippen molar-refractivity contribution in [3.8, 4) is 5.75 Å². The van der Waals surface area contributed by atoms with E-state index in [2.05, 4.69) is 15.4 Å². The molecule has 1 atom stereocenters. The molecule has 1 N–H and O–H groups in total. The molecule has 7 nitrogen and oxygen atoms in total. The van der Waals surface area contributed by atoms with Crippen LogP contribution in [0.15, 0.2) is 54.9 Å². The Hall–Kier alpha value is -2.51. The van der Waals surface area contributed by atoms with E-state index < -0.39 is 18.0 Å². The van der Waals surface area contributed by atoms with Crippen molar-refractivity contribution in [1.82, 2.24) is 10.5 Å². The lowest BCUT2D eigenvalue weighted by Gasteiger charge is -2.36. The van der Waals surface area contributed by atoms with E-state index in [1.54, 1.807) is 24.5 Å². The van der Waals surface area contributed by atoms with E-state index >= 15 is 0 Å². The molecule has 1 aliphatic rings. The Labute approximate surface area is 182 Å². The highest BCUT2D eigenvalue weighted by Gasteiger charge is 2.35. The van der Waals surface area contributed by atoms with Crippen molar-refractivity contribution in [1.29, 1.82) is 0 Å². The highest BCUT2D eigenvalue weighted by molar-refractivity contribution is 5.85. The second-order valence-corrected chi connectivity index (χ2v) is 6.46. The van der Waals surface area contributed by atoms with Gasteiger partial charge < -0.3 is 14.5 Å². The zero-order valence-corrected chi connectivity index (χ0v) is 17.7. The van der Waals surface area contributed by atoms with Crippen LogP contribution < -0.4 is 15.1 Å². The van der Waals surface area contributed by atoms with Gasteiger partial charge >= 0.3 is 5.97 Å². The summed E-state index contributed by atoms with van der Waals surface area (Å²) in [6.07, 6.45) is 4.31. The van der Waals surface area contributed by atoms with E-state index in [1.165, 1.54) is 6.92 Å². The number of amides is 1. The summed E-state index contributed by atoms with van der Waals surface area (Å²) in [6.45, 7) is 2.89. The van der Waals surface area contributed by atoms with Crippen molar-refractivity contribution in [2.24, 2.45) is 5.92 Å². The third-order valence-electron chi connectivity index (χ3n) is 4.53. The molecule has 1 fully saturated rings. The topological polar surface area (TPSA) is 80.8 Å². The second kappa shape index (κ2) is 12.1. The van der Waals surface area contributed by atoms with Gasteiger partial charge in [-0.25, -0.2) is 4.79 Å². The number of anilines is 1. The molecule has 1 unspecified atom stereocenters. The number of piperidine rings is 1. The fourth-order valence-corrected chi connectivity index (χ4v) is 3.18. The number of carbonyl (C=O) groups is 2. The fraction of sp³-hybridized carbons (Fsp3) is 0.350. The summed E-state index contributed by atoms with van der Waals surface area (Å²) in [4.78, 5) is 34.8. The van der Waals surface area contributed by atoms with Gasteiger partial charge in [0.05, 0.1) is 0 Å². The van der Waals surface area contributed by atoms with Crippen LogP contribution in [0.1, 0.15) is 19.8 Å². The number of hydrogen-bond donors (Lipinski definition) is 1. The number of nitrogens with one attached hydrogen (secondary N) is 1. The molecule has 158 valence electrons. The summed E-state index contributed by atoms with van der Waals surface area (Å²) < 4.78 is 5.93. The maximum absolute atomic E-state index is 12.5. The van der Waals surface area contributed by atoms with Crippen molar-refractivity contribution in [3.63, 3.8) is 0 Å². The number of hydroxylamine groups is 1. The molecular formula is C20H25Cl2N3O4. The third-order valence-corrected chi connectivity index (χ3v) is 4.53. The molecule has 1 aromatic heterocycles. The molecule has 29 heavy (non-hydrogen) atoms. The Bertz CT molecular complexity index is 757. The van der Waals surface area contributed by atoms with E-state index in [9.17, 15) is 9.59 Å². The Balaban J connectivity index is 0.00000210. The van der Waals surface area contributed by atoms with Crippen LogP contribution in [0.4, 0.5) is 5.69 Å². The number of rotatable bonds is 5. The van der Waals surface area contributed by atoms with Crippen LogP contribution in [0.2, 0.25) is 0 Å². The summed E-state index contributed by atoms with van der Waals surface area (Å²) in [5.74, 6) is -0.436. The quantitative estimate of drug-likeness (QED) is 0.717. The summed E-state index contributed by atoms with van der Waals surface area (Å²) in [7, 11) is 0. The van der Waals surface area contributed by atoms with Crippen LogP contribution in [-0.2, 0) is 14.4 Å². The smallest absolute Gasteiger partial charge is 0.372 e. The van der Waals surface area contributed by atoms with Gasteiger partial charge in [-0.2, -0.15) is 5.48 Å². The normalized spacial score (nSPS) is 14.6. The lowest BCUT2D eigenvalue weighted by molar-refractivity contribution is -0.167. The van der Waals surface area contributed by atoms with Gasteiger partial charge in [0.25, 0.3) is 0 Å². The first-order chi connectivity index (χ1) is 13.1. The van der Waals surface area contributed by atoms with Crippen LogP contribution >= 0.6 is 24.8 Å². The lowest BCUT2D eigenvalue weighted by atomic mass is 9.90. The van der Waals surface area contributed by atoms with Crippen molar-refractivity contribution >= 4 is 42.4 Å². The van der Waals surface area contributed by atoms with Gasteiger partial charge in [0.1, 0.15) is 5.75 Å². The predicted molar refractivity (Wildman–Crippen MR) is 114 cm³/mol. The summed E-state index contributed by atoms with van der Waals surface area (Å²) >= 11 is 0. The van der Waals surface area contributed by atoms with Crippen LogP contribution in [0, 0.1) is 5.92 Å². The van der Waals surface area contributed by atoms with Crippen molar-refractivity contribution in [3.05, 3.63) is 54.9 Å². The molecule has 0 aliphatic carbocycles. The Morgan fingerprint density at radius 3 is 2.28 bits per heavy atom. The number of benzene rings is 1. The highest BCUT2D eigenvalue weighted by Crippen LogP contribution is 2.28. The van der Waals surface area contributed by atoms with Crippen molar-refractivity contribution < 1.29 is 19.2 Å². The Kier molecular flexibility index (Phi) is 10.3. The van der Waals surface area contributed by atoms with E-state index in [4.69, 9.17) is 9.57 Å². The molecule has 1 aliphatic heterocycles. The van der Waals surface area contributed by atoms with Crippen LogP contribution in [0.3, 0.4) is 0 Å². The molecule has 0 saturated carbocycles.